The lowest BCUT2D eigenvalue weighted by molar-refractivity contribution is -0.137. The van der Waals surface area contributed by atoms with Gasteiger partial charge in [-0.05, 0) is 75.0 Å². The van der Waals surface area contributed by atoms with Gasteiger partial charge in [-0.1, -0.05) is 23.5 Å². The van der Waals surface area contributed by atoms with Crippen molar-refractivity contribution in [2.24, 2.45) is 0 Å². The molecule has 0 radical (unpaired) electrons. The summed E-state index contributed by atoms with van der Waals surface area (Å²) in [6.07, 6.45) is 2.80. The van der Waals surface area contributed by atoms with Crippen LogP contribution in [0.1, 0.15) is 43.4 Å². The van der Waals surface area contributed by atoms with Crippen LogP contribution >= 0.6 is 23.7 Å². The number of carboxylic acids is 1. The molecule has 7 nitrogen and oxygen atoms in total. The molecule has 0 saturated heterocycles. The van der Waals surface area contributed by atoms with Crippen molar-refractivity contribution in [3.63, 3.8) is 0 Å². The molecule has 1 N–H and O–H groups in total. The Hall–Kier alpha value is -2.99. The molecule has 0 fully saturated rings. The van der Waals surface area contributed by atoms with Crippen molar-refractivity contribution in [3.05, 3.63) is 53.1 Å². The summed E-state index contributed by atoms with van der Waals surface area (Å²) in [5.74, 6) is -0.156. The van der Waals surface area contributed by atoms with E-state index < -0.39 is 5.97 Å². The Morgan fingerprint density at radius 3 is 2.43 bits per heavy atom. The average Bonchev–Trinajstić information content (AvgIpc) is 3.22. The van der Waals surface area contributed by atoms with Crippen LogP contribution in [-0.2, 0) is 17.6 Å². The molecule has 0 spiro atoms. The van der Waals surface area contributed by atoms with E-state index in [1.807, 2.05) is 26.0 Å². The summed E-state index contributed by atoms with van der Waals surface area (Å²) in [6.45, 7) is 6.57. The SMILES string of the molecule is CC(C)Oc1ccc(-c2nnc(-c3ccc4c(c3)CCN(CCCC(=O)O)CC4)s2)cc1C#N.Cl. The highest BCUT2D eigenvalue weighted by atomic mass is 35.5. The fourth-order valence-electron chi connectivity index (χ4n) is 4.15. The number of nitriles is 1. The number of rotatable bonds is 8. The maximum absolute atomic E-state index is 10.8. The van der Waals surface area contributed by atoms with Crippen molar-refractivity contribution in [2.45, 2.75) is 45.6 Å². The quantitative estimate of drug-likeness (QED) is 0.441. The van der Waals surface area contributed by atoms with Crippen LogP contribution in [0.2, 0.25) is 0 Å². The summed E-state index contributed by atoms with van der Waals surface area (Å²) in [4.78, 5) is 13.1. The fourth-order valence-corrected chi connectivity index (χ4v) is 4.98. The fraction of sp³-hybridized carbons (Fsp3) is 0.385. The predicted octanol–water partition coefficient (Wildman–Crippen LogP) is 5.22. The number of aliphatic carboxylic acids is 1. The van der Waals surface area contributed by atoms with Gasteiger partial charge >= 0.3 is 5.97 Å². The molecule has 9 heteroatoms. The summed E-state index contributed by atoms with van der Waals surface area (Å²) in [5.41, 5.74) is 5.04. The van der Waals surface area contributed by atoms with Crippen LogP contribution in [0.15, 0.2) is 36.4 Å². The number of hydrogen-bond donors (Lipinski definition) is 1. The van der Waals surface area contributed by atoms with Crippen molar-refractivity contribution < 1.29 is 14.6 Å². The van der Waals surface area contributed by atoms with Crippen LogP contribution in [0.3, 0.4) is 0 Å². The van der Waals surface area contributed by atoms with Gasteiger partial charge in [-0.15, -0.1) is 22.6 Å². The van der Waals surface area contributed by atoms with Crippen LogP contribution in [-0.4, -0.2) is 51.9 Å². The maximum atomic E-state index is 10.8. The Kier molecular flexibility index (Phi) is 9.21. The molecule has 35 heavy (non-hydrogen) atoms. The highest BCUT2D eigenvalue weighted by Gasteiger charge is 2.17. The summed E-state index contributed by atoms with van der Waals surface area (Å²) in [6, 6.07) is 14.2. The first-order valence-corrected chi connectivity index (χ1v) is 12.4. The normalized spacial score (nSPS) is 13.4. The zero-order valence-corrected chi connectivity index (χ0v) is 21.5. The molecule has 0 amide bonds. The van der Waals surface area contributed by atoms with E-state index >= 15 is 0 Å². The zero-order valence-electron chi connectivity index (χ0n) is 19.9. The van der Waals surface area contributed by atoms with Crippen LogP contribution in [0.4, 0.5) is 0 Å². The highest BCUT2D eigenvalue weighted by Crippen LogP contribution is 2.33. The summed E-state index contributed by atoms with van der Waals surface area (Å²) < 4.78 is 5.72. The third kappa shape index (κ3) is 6.79. The molecule has 0 aliphatic carbocycles. The third-order valence-corrected chi connectivity index (χ3v) is 6.87. The van der Waals surface area contributed by atoms with Crippen LogP contribution in [0.5, 0.6) is 5.75 Å². The largest absolute Gasteiger partial charge is 0.490 e. The minimum atomic E-state index is -0.733. The second kappa shape index (κ2) is 12.1. The van der Waals surface area contributed by atoms with Crippen LogP contribution in [0, 0.1) is 11.3 Å². The standard InChI is InChI=1S/C26H28N4O3S.ClH/c1-17(2)33-23-8-7-21(15-22(23)16-27)26-29-28-25(34-26)20-6-5-18-9-12-30(11-3-4-24(31)32)13-10-19(18)14-20;/h5-8,14-15,17H,3-4,9-13H2,1-2H3,(H,31,32);1H. The molecule has 2 aromatic carbocycles. The number of halogens is 1. The summed E-state index contributed by atoms with van der Waals surface area (Å²) in [5, 5.41) is 28.8. The van der Waals surface area contributed by atoms with E-state index in [2.05, 4.69) is 39.4 Å². The molecule has 184 valence electrons. The number of carboxylic acid groups (broad SMARTS) is 1. The van der Waals surface area contributed by atoms with E-state index in [-0.39, 0.29) is 24.9 Å². The van der Waals surface area contributed by atoms with Crippen molar-refractivity contribution in [1.29, 1.82) is 5.26 Å². The number of aromatic nitrogens is 2. The van der Waals surface area contributed by atoms with Crippen LogP contribution in [0.25, 0.3) is 21.1 Å². The minimum absolute atomic E-state index is 0. The number of ether oxygens (including phenoxy) is 1. The van der Waals surface area contributed by atoms with Gasteiger partial charge in [0.1, 0.15) is 21.8 Å². The highest BCUT2D eigenvalue weighted by molar-refractivity contribution is 7.17. The number of carbonyl (C=O) groups is 1. The van der Waals surface area contributed by atoms with Gasteiger partial charge in [0.2, 0.25) is 0 Å². The molecule has 1 aromatic heterocycles. The molecule has 0 unspecified atom stereocenters. The van der Waals surface area contributed by atoms with Crippen molar-refractivity contribution in [2.75, 3.05) is 19.6 Å². The monoisotopic (exact) mass is 512 g/mol. The Balaban J connectivity index is 0.00000342. The summed E-state index contributed by atoms with van der Waals surface area (Å²) in [7, 11) is 0. The molecule has 0 atom stereocenters. The third-order valence-electron chi connectivity index (χ3n) is 5.85. The smallest absolute Gasteiger partial charge is 0.303 e. The topological polar surface area (TPSA) is 99.3 Å². The number of nitrogens with zero attached hydrogens (tertiary/aromatic N) is 4. The Labute approximate surface area is 215 Å². The zero-order chi connectivity index (χ0) is 24.1. The average molecular weight is 513 g/mol. The van der Waals surface area contributed by atoms with Gasteiger partial charge in [0.05, 0.1) is 11.7 Å². The lowest BCUT2D eigenvalue weighted by Crippen LogP contribution is -2.27. The Morgan fingerprint density at radius 2 is 1.77 bits per heavy atom. The molecule has 0 bridgehead atoms. The first kappa shape index (κ1) is 26.6. The van der Waals surface area contributed by atoms with E-state index in [1.165, 1.54) is 22.5 Å². The molecule has 0 saturated carbocycles. The molecule has 4 rings (SSSR count). The second-order valence-electron chi connectivity index (χ2n) is 8.72. The van der Waals surface area contributed by atoms with Gasteiger partial charge < -0.3 is 14.7 Å². The second-order valence-corrected chi connectivity index (χ2v) is 9.70. The molecule has 2 heterocycles. The van der Waals surface area contributed by atoms with E-state index in [9.17, 15) is 10.1 Å². The van der Waals surface area contributed by atoms with E-state index in [0.29, 0.717) is 17.7 Å². The molecule has 1 aliphatic rings. The van der Waals surface area contributed by atoms with Gasteiger partial charge in [-0.25, -0.2) is 0 Å². The molecule has 3 aromatic rings. The number of fused-ring (bicyclic) bond motifs is 1. The first-order valence-electron chi connectivity index (χ1n) is 11.5. The van der Waals surface area contributed by atoms with E-state index in [4.69, 9.17) is 9.84 Å². The first-order chi connectivity index (χ1) is 16.4. The predicted molar refractivity (Wildman–Crippen MR) is 139 cm³/mol. The Morgan fingerprint density at radius 1 is 1.11 bits per heavy atom. The van der Waals surface area contributed by atoms with Gasteiger partial charge in [-0.2, -0.15) is 5.26 Å². The minimum Gasteiger partial charge on any atom is -0.490 e. The van der Waals surface area contributed by atoms with Gasteiger partial charge in [0.15, 0.2) is 0 Å². The Bertz CT molecular complexity index is 1220. The van der Waals surface area contributed by atoms with Crippen molar-refractivity contribution >= 4 is 29.7 Å². The van der Waals surface area contributed by atoms with Gasteiger partial charge in [0.25, 0.3) is 0 Å². The number of benzene rings is 2. The van der Waals surface area contributed by atoms with Crippen molar-refractivity contribution in [1.82, 2.24) is 15.1 Å². The van der Waals surface area contributed by atoms with E-state index in [0.717, 1.165) is 53.6 Å². The maximum Gasteiger partial charge on any atom is 0.303 e. The molecule has 1 aliphatic heterocycles. The van der Waals surface area contributed by atoms with Gasteiger partial charge in [0, 0.05) is 30.6 Å². The van der Waals surface area contributed by atoms with Crippen molar-refractivity contribution in [3.8, 4) is 33.0 Å². The molecular weight excluding hydrogens is 484 g/mol. The van der Waals surface area contributed by atoms with Crippen LogP contribution < -0.4 is 4.74 Å². The number of hydrogen-bond acceptors (Lipinski definition) is 7. The lowest BCUT2D eigenvalue weighted by Gasteiger charge is -2.18. The summed E-state index contributed by atoms with van der Waals surface area (Å²) >= 11 is 1.51. The lowest BCUT2D eigenvalue weighted by atomic mass is 10.0. The molecular formula is C26H29ClN4O3S. The van der Waals surface area contributed by atoms with E-state index in [1.54, 1.807) is 6.07 Å². The van der Waals surface area contributed by atoms with Gasteiger partial charge in [-0.3, -0.25) is 4.79 Å².